The summed E-state index contributed by atoms with van der Waals surface area (Å²) in [6.45, 7) is 0. The van der Waals surface area contributed by atoms with Crippen LogP contribution in [0, 0.1) is 0 Å². The lowest BCUT2D eigenvalue weighted by molar-refractivity contribution is -0.274. The molecule has 0 amide bonds. The Kier molecular flexibility index (Phi) is 4.10. The number of hydrogen-bond acceptors (Lipinski definition) is 2. The maximum atomic E-state index is 12.1. The molecule has 0 fully saturated rings. The average Bonchev–Trinajstić information content (AvgIpc) is 2.12. The Morgan fingerprint density at radius 2 is 1.72 bits per heavy atom. The van der Waals surface area contributed by atoms with Crippen LogP contribution in [0.4, 0.5) is 26.3 Å². The fraction of sp³-hybridized carbons (Fsp3) is 0.400. The van der Waals surface area contributed by atoms with E-state index in [0.29, 0.717) is 0 Å². The molecule has 0 heterocycles. The minimum Gasteiger partial charge on any atom is -0.406 e. The summed E-state index contributed by atoms with van der Waals surface area (Å²) in [6.07, 6.45) is -10.7. The van der Waals surface area contributed by atoms with E-state index < -0.39 is 30.8 Å². The first-order chi connectivity index (χ1) is 8.07. The van der Waals surface area contributed by atoms with Gasteiger partial charge in [-0.05, 0) is 17.7 Å². The lowest BCUT2D eigenvalue weighted by Gasteiger charge is -2.16. The first-order valence-electron chi connectivity index (χ1n) is 4.75. The second kappa shape index (κ2) is 5.05. The molecular weight excluding hydrogens is 264 g/mol. The van der Waals surface area contributed by atoms with Crippen molar-refractivity contribution in [2.45, 2.75) is 25.0 Å². The van der Waals surface area contributed by atoms with Crippen molar-refractivity contribution in [1.29, 1.82) is 0 Å². The van der Waals surface area contributed by atoms with E-state index >= 15 is 0 Å². The van der Waals surface area contributed by atoms with Gasteiger partial charge in [0.15, 0.2) is 0 Å². The monoisotopic (exact) mass is 273 g/mol. The van der Waals surface area contributed by atoms with Crippen molar-refractivity contribution in [3.05, 3.63) is 29.8 Å². The van der Waals surface area contributed by atoms with Crippen LogP contribution in [-0.4, -0.2) is 12.5 Å². The quantitative estimate of drug-likeness (QED) is 0.855. The predicted octanol–water partition coefficient (Wildman–Crippen LogP) is 3.54. The van der Waals surface area contributed by atoms with Crippen molar-refractivity contribution in [2.75, 3.05) is 0 Å². The first kappa shape index (κ1) is 14.6. The van der Waals surface area contributed by atoms with E-state index in [-0.39, 0.29) is 5.56 Å². The molecule has 0 aliphatic heterocycles. The van der Waals surface area contributed by atoms with E-state index in [9.17, 15) is 26.3 Å². The number of nitrogens with two attached hydrogens (primary N) is 1. The van der Waals surface area contributed by atoms with E-state index in [1.165, 1.54) is 6.07 Å². The highest BCUT2D eigenvalue weighted by atomic mass is 19.4. The molecule has 0 aliphatic rings. The maximum absolute atomic E-state index is 12.1. The molecule has 0 aromatic heterocycles. The summed E-state index contributed by atoms with van der Waals surface area (Å²) in [4.78, 5) is 0. The number of benzene rings is 1. The summed E-state index contributed by atoms with van der Waals surface area (Å²) in [7, 11) is 0. The van der Waals surface area contributed by atoms with Crippen LogP contribution in [-0.2, 0) is 0 Å². The molecule has 102 valence electrons. The van der Waals surface area contributed by atoms with Gasteiger partial charge in [-0.25, -0.2) is 0 Å². The van der Waals surface area contributed by atoms with E-state index in [1.807, 2.05) is 0 Å². The Bertz CT molecular complexity index is 400. The van der Waals surface area contributed by atoms with Gasteiger partial charge in [0.1, 0.15) is 5.75 Å². The molecule has 2 N–H and O–H groups in total. The Morgan fingerprint density at radius 1 is 1.11 bits per heavy atom. The van der Waals surface area contributed by atoms with Crippen molar-refractivity contribution >= 4 is 0 Å². The van der Waals surface area contributed by atoms with Crippen molar-refractivity contribution < 1.29 is 31.1 Å². The highest BCUT2D eigenvalue weighted by Crippen LogP contribution is 2.30. The van der Waals surface area contributed by atoms with Crippen LogP contribution < -0.4 is 10.5 Å². The van der Waals surface area contributed by atoms with Crippen molar-refractivity contribution in [3.8, 4) is 5.75 Å². The molecule has 2 nitrogen and oxygen atoms in total. The second-order valence-electron chi connectivity index (χ2n) is 3.55. The molecular formula is C10H9F6NO. The van der Waals surface area contributed by atoms with Crippen LogP contribution in [0.3, 0.4) is 0 Å². The molecule has 1 rings (SSSR count). The Hall–Kier alpha value is -1.44. The van der Waals surface area contributed by atoms with Crippen LogP contribution in [0.25, 0.3) is 0 Å². The molecule has 0 saturated carbocycles. The maximum Gasteiger partial charge on any atom is 0.573 e. The first-order valence-corrected chi connectivity index (χ1v) is 4.75. The highest BCUT2D eigenvalue weighted by molar-refractivity contribution is 5.30. The largest absolute Gasteiger partial charge is 0.573 e. The molecule has 1 unspecified atom stereocenters. The summed E-state index contributed by atoms with van der Waals surface area (Å²) in [5.74, 6) is -0.599. The van der Waals surface area contributed by atoms with Gasteiger partial charge in [0.05, 0.1) is 6.42 Å². The third-order valence-electron chi connectivity index (χ3n) is 1.97. The van der Waals surface area contributed by atoms with E-state index in [1.54, 1.807) is 0 Å². The molecule has 1 atom stereocenters. The van der Waals surface area contributed by atoms with Gasteiger partial charge < -0.3 is 10.5 Å². The van der Waals surface area contributed by atoms with Crippen LogP contribution in [0.5, 0.6) is 5.75 Å². The Labute approximate surface area is 98.3 Å². The van der Waals surface area contributed by atoms with Crippen LogP contribution in [0.15, 0.2) is 24.3 Å². The van der Waals surface area contributed by atoms with Gasteiger partial charge >= 0.3 is 12.5 Å². The number of alkyl halides is 6. The van der Waals surface area contributed by atoms with Crippen molar-refractivity contribution in [2.24, 2.45) is 5.73 Å². The zero-order chi connectivity index (χ0) is 14.0. The number of halogens is 6. The SMILES string of the molecule is NC(CC(F)(F)F)c1cccc(OC(F)(F)F)c1. The van der Waals surface area contributed by atoms with Crippen molar-refractivity contribution in [1.82, 2.24) is 0 Å². The van der Waals surface area contributed by atoms with Gasteiger partial charge in [-0.3, -0.25) is 0 Å². The number of rotatable bonds is 3. The van der Waals surface area contributed by atoms with Gasteiger partial charge in [0, 0.05) is 6.04 Å². The summed E-state index contributed by atoms with van der Waals surface area (Å²) in [5.41, 5.74) is 5.18. The van der Waals surface area contributed by atoms with Gasteiger partial charge in [0.2, 0.25) is 0 Å². The van der Waals surface area contributed by atoms with E-state index in [4.69, 9.17) is 5.73 Å². The molecule has 8 heteroatoms. The topological polar surface area (TPSA) is 35.2 Å². The Balaban J connectivity index is 2.82. The molecule has 0 bridgehead atoms. The minimum atomic E-state index is -4.90. The molecule has 0 spiro atoms. The molecule has 1 aromatic carbocycles. The molecule has 18 heavy (non-hydrogen) atoms. The minimum absolute atomic E-state index is 0.0749. The summed E-state index contributed by atoms with van der Waals surface area (Å²) in [5, 5.41) is 0. The zero-order valence-corrected chi connectivity index (χ0v) is 8.85. The third kappa shape index (κ3) is 5.26. The van der Waals surface area contributed by atoms with Crippen molar-refractivity contribution in [3.63, 3.8) is 0 Å². The van der Waals surface area contributed by atoms with E-state index in [2.05, 4.69) is 4.74 Å². The highest BCUT2D eigenvalue weighted by Gasteiger charge is 2.33. The van der Waals surface area contributed by atoms with Gasteiger partial charge in [0.25, 0.3) is 0 Å². The average molecular weight is 273 g/mol. The predicted molar refractivity (Wildman–Crippen MR) is 50.7 cm³/mol. The van der Waals surface area contributed by atoms with Crippen LogP contribution in [0.1, 0.15) is 18.0 Å². The zero-order valence-electron chi connectivity index (χ0n) is 8.85. The number of ether oxygens (including phenoxy) is 1. The lowest BCUT2D eigenvalue weighted by Crippen LogP contribution is -2.21. The molecule has 0 aliphatic carbocycles. The summed E-state index contributed by atoms with van der Waals surface area (Å²) < 4.78 is 75.5. The van der Waals surface area contributed by atoms with Crippen LogP contribution in [0.2, 0.25) is 0 Å². The second-order valence-corrected chi connectivity index (χ2v) is 3.55. The lowest BCUT2D eigenvalue weighted by atomic mass is 10.0. The van der Waals surface area contributed by atoms with E-state index in [0.717, 1.165) is 18.2 Å². The summed E-state index contributed by atoms with van der Waals surface area (Å²) >= 11 is 0. The Morgan fingerprint density at radius 3 is 2.22 bits per heavy atom. The summed E-state index contributed by atoms with van der Waals surface area (Å²) in [6, 6.07) is 2.75. The fourth-order valence-electron chi connectivity index (χ4n) is 1.31. The normalized spacial score (nSPS) is 14.4. The smallest absolute Gasteiger partial charge is 0.406 e. The molecule has 0 radical (unpaired) electrons. The molecule has 1 aromatic rings. The van der Waals surface area contributed by atoms with Gasteiger partial charge in [-0.2, -0.15) is 13.2 Å². The van der Waals surface area contributed by atoms with Gasteiger partial charge in [-0.1, -0.05) is 12.1 Å². The van der Waals surface area contributed by atoms with Crippen LogP contribution >= 0.6 is 0 Å². The third-order valence-corrected chi connectivity index (χ3v) is 1.97. The van der Waals surface area contributed by atoms with Gasteiger partial charge in [-0.15, -0.1) is 13.2 Å². The fourth-order valence-corrected chi connectivity index (χ4v) is 1.31. The molecule has 0 saturated heterocycles. The standard InChI is InChI=1S/C10H9F6NO/c11-9(12,13)5-8(17)6-2-1-3-7(4-6)18-10(14,15)16/h1-4,8H,5,17H2. The number of hydrogen-bond donors (Lipinski definition) is 1.